The van der Waals surface area contributed by atoms with Gasteiger partial charge in [0.2, 0.25) is 0 Å². The minimum Gasteiger partial charge on any atom is -0.493 e. The van der Waals surface area contributed by atoms with Crippen molar-refractivity contribution in [3.63, 3.8) is 0 Å². The summed E-state index contributed by atoms with van der Waals surface area (Å²) in [4.78, 5) is 11.6. The van der Waals surface area contributed by atoms with Crippen LogP contribution in [0.3, 0.4) is 0 Å². The monoisotopic (exact) mass is 339 g/mol. The van der Waals surface area contributed by atoms with Crippen molar-refractivity contribution in [1.82, 2.24) is 0 Å². The van der Waals surface area contributed by atoms with Crippen LogP contribution in [0.5, 0.6) is 11.5 Å². The first-order chi connectivity index (χ1) is 11.3. The molecule has 7 heteroatoms. The quantitative estimate of drug-likeness (QED) is 0.860. The molecule has 0 aliphatic rings. The minimum absolute atomic E-state index is 0.219. The largest absolute Gasteiger partial charge is 0.573 e. The number of alkyl halides is 3. The molecule has 2 rings (SSSR count). The molecular weight excluding hydrogens is 323 g/mol. The predicted molar refractivity (Wildman–Crippen MR) is 82.9 cm³/mol. The lowest BCUT2D eigenvalue weighted by atomic mass is 10.0. The van der Waals surface area contributed by atoms with E-state index in [-0.39, 0.29) is 11.3 Å². The highest BCUT2D eigenvalue weighted by Gasteiger charge is 2.30. The SMILES string of the molecule is CCCOc1ccc(-c2ccc(OC(F)(F)F)cc2)cc1C(N)=O. The fourth-order valence-electron chi connectivity index (χ4n) is 2.09. The van der Waals surface area contributed by atoms with Crippen LogP contribution in [0.15, 0.2) is 42.5 Å². The third kappa shape index (κ3) is 4.65. The molecular formula is C17H16F3NO3. The number of hydrogen-bond donors (Lipinski definition) is 1. The van der Waals surface area contributed by atoms with Gasteiger partial charge in [0.15, 0.2) is 0 Å². The fraction of sp³-hybridized carbons (Fsp3) is 0.235. The zero-order valence-corrected chi connectivity index (χ0v) is 12.9. The van der Waals surface area contributed by atoms with Crippen LogP contribution in [-0.2, 0) is 0 Å². The Labute approximate surface area is 137 Å². The van der Waals surface area contributed by atoms with Gasteiger partial charge < -0.3 is 15.2 Å². The predicted octanol–water partition coefficient (Wildman–Crippen LogP) is 4.14. The van der Waals surface area contributed by atoms with Crippen LogP contribution in [0.2, 0.25) is 0 Å². The number of carbonyl (C=O) groups is 1. The molecule has 1 amide bonds. The molecule has 0 fully saturated rings. The Morgan fingerprint density at radius 2 is 1.71 bits per heavy atom. The zero-order valence-electron chi connectivity index (χ0n) is 12.9. The van der Waals surface area contributed by atoms with Crippen molar-refractivity contribution in [3.8, 4) is 22.6 Å². The summed E-state index contributed by atoms with van der Waals surface area (Å²) >= 11 is 0. The first-order valence-corrected chi connectivity index (χ1v) is 7.23. The van der Waals surface area contributed by atoms with Crippen LogP contribution in [0.1, 0.15) is 23.7 Å². The molecule has 0 bridgehead atoms. The molecule has 0 radical (unpaired) electrons. The van der Waals surface area contributed by atoms with Crippen molar-refractivity contribution >= 4 is 5.91 Å². The Hall–Kier alpha value is -2.70. The first-order valence-electron chi connectivity index (χ1n) is 7.23. The molecule has 0 unspecified atom stereocenters. The van der Waals surface area contributed by atoms with Crippen LogP contribution < -0.4 is 15.2 Å². The first kappa shape index (κ1) is 17.7. The maximum Gasteiger partial charge on any atom is 0.573 e. The van der Waals surface area contributed by atoms with Crippen LogP contribution in [0.25, 0.3) is 11.1 Å². The van der Waals surface area contributed by atoms with Gasteiger partial charge >= 0.3 is 6.36 Å². The van der Waals surface area contributed by atoms with Gasteiger partial charge in [0.1, 0.15) is 11.5 Å². The summed E-state index contributed by atoms with van der Waals surface area (Å²) in [6, 6.07) is 10.2. The minimum atomic E-state index is -4.74. The maximum atomic E-state index is 12.2. The van der Waals surface area contributed by atoms with Gasteiger partial charge in [0, 0.05) is 0 Å². The normalized spacial score (nSPS) is 11.2. The van der Waals surface area contributed by atoms with Crippen LogP contribution in [-0.4, -0.2) is 18.9 Å². The summed E-state index contributed by atoms with van der Waals surface area (Å²) in [6.07, 6.45) is -3.96. The Balaban J connectivity index is 2.28. The molecule has 128 valence electrons. The molecule has 2 N–H and O–H groups in total. The number of halogens is 3. The summed E-state index contributed by atoms with van der Waals surface area (Å²) in [5.41, 5.74) is 6.83. The van der Waals surface area contributed by atoms with Crippen LogP contribution in [0.4, 0.5) is 13.2 Å². The zero-order chi connectivity index (χ0) is 17.7. The van der Waals surface area contributed by atoms with E-state index in [1.165, 1.54) is 24.3 Å². The summed E-state index contributed by atoms with van der Waals surface area (Å²) < 4.78 is 45.8. The van der Waals surface area contributed by atoms with Gasteiger partial charge in [-0.2, -0.15) is 0 Å². The molecule has 2 aromatic rings. The van der Waals surface area contributed by atoms with Crippen molar-refractivity contribution in [2.75, 3.05) is 6.61 Å². The topological polar surface area (TPSA) is 61.6 Å². The Kier molecular flexibility index (Phi) is 5.33. The van der Waals surface area contributed by atoms with E-state index < -0.39 is 12.3 Å². The van der Waals surface area contributed by atoms with E-state index in [9.17, 15) is 18.0 Å². The molecule has 2 aromatic carbocycles. The smallest absolute Gasteiger partial charge is 0.493 e. The summed E-state index contributed by atoms with van der Waals surface area (Å²) in [5, 5.41) is 0. The lowest BCUT2D eigenvalue weighted by molar-refractivity contribution is -0.274. The second-order valence-corrected chi connectivity index (χ2v) is 5.00. The van der Waals surface area contributed by atoms with E-state index in [0.717, 1.165) is 6.42 Å². The molecule has 24 heavy (non-hydrogen) atoms. The second kappa shape index (κ2) is 7.25. The summed E-state index contributed by atoms with van der Waals surface area (Å²) in [7, 11) is 0. The van der Waals surface area contributed by atoms with E-state index in [1.807, 2.05) is 6.92 Å². The number of carbonyl (C=O) groups excluding carboxylic acids is 1. The number of rotatable bonds is 6. The second-order valence-electron chi connectivity index (χ2n) is 5.00. The number of hydrogen-bond acceptors (Lipinski definition) is 3. The molecule has 4 nitrogen and oxygen atoms in total. The van der Waals surface area contributed by atoms with Crippen LogP contribution in [0, 0.1) is 0 Å². The standard InChI is InChI=1S/C17H16F3NO3/c1-2-9-23-15-8-5-12(10-14(15)16(21)22)11-3-6-13(7-4-11)24-17(18,19)20/h3-8,10H,2,9H2,1H3,(H2,21,22). The molecule has 0 heterocycles. The number of primary amides is 1. The Morgan fingerprint density at radius 3 is 2.25 bits per heavy atom. The van der Waals surface area contributed by atoms with Gasteiger partial charge in [-0.3, -0.25) is 4.79 Å². The van der Waals surface area contributed by atoms with Crippen molar-refractivity contribution in [1.29, 1.82) is 0 Å². The van der Waals surface area contributed by atoms with Crippen molar-refractivity contribution < 1.29 is 27.4 Å². The van der Waals surface area contributed by atoms with Gasteiger partial charge in [0.05, 0.1) is 12.2 Å². The molecule has 0 spiro atoms. The van der Waals surface area contributed by atoms with Crippen molar-refractivity contribution in [3.05, 3.63) is 48.0 Å². The highest BCUT2D eigenvalue weighted by molar-refractivity contribution is 5.97. The van der Waals surface area contributed by atoms with Crippen LogP contribution >= 0.6 is 0 Å². The van der Waals surface area contributed by atoms with E-state index in [2.05, 4.69) is 4.74 Å². The highest BCUT2D eigenvalue weighted by Crippen LogP contribution is 2.29. The van der Waals surface area contributed by atoms with Crippen molar-refractivity contribution in [2.24, 2.45) is 5.73 Å². The number of benzene rings is 2. The molecule has 0 saturated carbocycles. The highest BCUT2D eigenvalue weighted by atomic mass is 19.4. The number of ether oxygens (including phenoxy) is 2. The molecule has 0 aliphatic heterocycles. The van der Waals surface area contributed by atoms with E-state index in [0.29, 0.717) is 23.5 Å². The molecule has 0 saturated heterocycles. The summed E-state index contributed by atoms with van der Waals surface area (Å²) in [5.74, 6) is -0.575. The molecule has 0 atom stereocenters. The van der Waals surface area contributed by atoms with Gasteiger partial charge in [-0.05, 0) is 41.8 Å². The average Bonchev–Trinajstić information content (AvgIpc) is 2.52. The maximum absolute atomic E-state index is 12.2. The molecule has 0 aliphatic carbocycles. The number of amides is 1. The van der Waals surface area contributed by atoms with Gasteiger partial charge in [-0.15, -0.1) is 13.2 Å². The number of nitrogens with two attached hydrogens (primary N) is 1. The summed E-state index contributed by atoms with van der Waals surface area (Å²) in [6.45, 7) is 2.38. The van der Waals surface area contributed by atoms with Gasteiger partial charge in [0.25, 0.3) is 5.91 Å². The lowest BCUT2D eigenvalue weighted by Crippen LogP contribution is -2.16. The van der Waals surface area contributed by atoms with Gasteiger partial charge in [-0.25, -0.2) is 0 Å². The van der Waals surface area contributed by atoms with E-state index >= 15 is 0 Å². The third-order valence-corrected chi connectivity index (χ3v) is 3.13. The van der Waals surface area contributed by atoms with E-state index in [4.69, 9.17) is 10.5 Å². The Morgan fingerprint density at radius 1 is 1.08 bits per heavy atom. The van der Waals surface area contributed by atoms with Crippen molar-refractivity contribution in [2.45, 2.75) is 19.7 Å². The van der Waals surface area contributed by atoms with Gasteiger partial charge in [-0.1, -0.05) is 25.1 Å². The fourth-order valence-corrected chi connectivity index (χ4v) is 2.09. The lowest BCUT2D eigenvalue weighted by Gasteiger charge is -2.12. The third-order valence-electron chi connectivity index (χ3n) is 3.13. The Bertz CT molecular complexity index is 712. The molecule has 0 aromatic heterocycles. The van der Waals surface area contributed by atoms with E-state index in [1.54, 1.807) is 18.2 Å². The average molecular weight is 339 g/mol.